The number of thiazole rings is 1. The molecule has 0 aliphatic heterocycles. The number of thiophene rings is 1. The van der Waals surface area contributed by atoms with Crippen LogP contribution < -0.4 is 20.7 Å². The Labute approximate surface area is 254 Å². The third kappa shape index (κ3) is 7.84. The number of aromatic nitrogens is 1. The van der Waals surface area contributed by atoms with E-state index in [9.17, 15) is 14.4 Å². The molecule has 212 valence electrons. The number of anilines is 2. The van der Waals surface area contributed by atoms with Gasteiger partial charge in [-0.2, -0.15) is 11.3 Å². The highest BCUT2D eigenvalue weighted by molar-refractivity contribution is 8.00. The van der Waals surface area contributed by atoms with E-state index in [1.54, 1.807) is 42.5 Å². The van der Waals surface area contributed by atoms with Crippen LogP contribution in [0.15, 0.2) is 100 Å². The first-order valence-electron chi connectivity index (χ1n) is 12.9. The SMILES string of the molecule is CCOc1ccc2nc(NC(=O)CSc3ccc(NC(=O)/C(=C/c4ccsc4)NC(=O)c4ccccc4)cc3)sc2c1. The van der Waals surface area contributed by atoms with Crippen LogP contribution in [0.1, 0.15) is 22.8 Å². The van der Waals surface area contributed by atoms with Crippen LogP contribution in [0, 0.1) is 0 Å². The van der Waals surface area contributed by atoms with Crippen molar-refractivity contribution in [2.45, 2.75) is 11.8 Å². The van der Waals surface area contributed by atoms with Crippen molar-refractivity contribution >= 4 is 79.3 Å². The molecule has 2 heterocycles. The van der Waals surface area contributed by atoms with Crippen molar-refractivity contribution in [3.8, 4) is 5.75 Å². The van der Waals surface area contributed by atoms with Crippen molar-refractivity contribution in [1.82, 2.24) is 10.3 Å². The van der Waals surface area contributed by atoms with Crippen LogP contribution in [-0.4, -0.2) is 35.1 Å². The maximum atomic E-state index is 13.1. The molecule has 0 saturated heterocycles. The highest BCUT2D eigenvalue weighted by Crippen LogP contribution is 2.30. The first kappa shape index (κ1) is 29.1. The number of fused-ring (bicyclic) bond motifs is 1. The maximum absolute atomic E-state index is 13.1. The Hall–Kier alpha value is -4.45. The topological polar surface area (TPSA) is 109 Å². The number of nitrogens with zero attached hydrogens (tertiary/aromatic N) is 1. The van der Waals surface area contributed by atoms with Gasteiger partial charge in [-0.25, -0.2) is 4.98 Å². The molecule has 0 unspecified atom stereocenters. The van der Waals surface area contributed by atoms with Gasteiger partial charge in [-0.3, -0.25) is 14.4 Å². The number of rotatable bonds is 11. The molecule has 0 saturated carbocycles. The Morgan fingerprint density at radius 1 is 0.976 bits per heavy atom. The van der Waals surface area contributed by atoms with E-state index in [2.05, 4.69) is 20.9 Å². The lowest BCUT2D eigenvalue weighted by Gasteiger charge is -2.11. The van der Waals surface area contributed by atoms with Crippen molar-refractivity contribution < 1.29 is 19.1 Å². The molecule has 42 heavy (non-hydrogen) atoms. The summed E-state index contributed by atoms with van der Waals surface area (Å²) in [5.41, 5.74) is 2.74. The predicted octanol–water partition coefficient (Wildman–Crippen LogP) is 6.90. The summed E-state index contributed by atoms with van der Waals surface area (Å²) in [7, 11) is 0. The number of amides is 3. The van der Waals surface area contributed by atoms with Crippen LogP contribution in [-0.2, 0) is 9.59 Å². The van der Waals surface area contributed by atoms with Gasteiger partial charge < -0.3 is 20.7 Å². The number of benzene rings is 3. The minimum absolute atomic E-state index is 0.126. The summed E-state index contributed by atoms with van der Waals surface area (Å²) in [5.74, 6) is -0.0229. The highest BCUT2D eigenvalue weighted by Gasteiger charge is 2.15. The number of thioether (sulfide) groups is 1. The van der Waals surface area contributed by atoms with Gasteiger partial charge in [0.05, 0.1) is 22.6 Å². The fourth-order valence-electron chi connectivity index (χ4n) is 3.82. The molecule has 2 aromatic heterocycles. The van der Waals surface area contributed by atoms with Gasteiger partial charge in [-0.1, -0.05) is 29.5 Å². The maximum Gasteiger partial charge on any atom is 0.272 e. The average molecular weight is 615 g/mol. The molecule has 0 fully saturated rings. The van der Waals surface area contributed by atoms with Crippen LogP contribution >= 0.6 is 34.4 Å². The fourth-order valence-corrected chi connectivity index (χ4v) is 6.05. The largest absolute Gasteiger partial charge is 0.494 e. The third-order valence-corrected chi connectivity index (χ3v) is 8.43. The summed E-state index contributed by atoms with van der Waals surface area (Å²) in [5, 5.41) is 12.7. The van der Waals surface area contributed by atoms with E-state index in [1.807, 2.05) is 60.1 Å². The summed E-state index contributed by atoms with van der Waals surface area (Å²) in [6.07, 6.45) is 1.64. The minimum atomic E-state index is -0.450. The summed E-state index contributed by atoms with van der Waals surface area (Å²) in [6.45, 7) is 2.51. The second kappa shape index (κ2) is 13.9. The van der Waals surface area contributed by atoms with Crippen molar-refractivity contribution in [2.24, 2.45) is 0 Å². The Morgan fingerprint density at radius 2 is 1.79 bits per heavy atom. The van der Waals surface area contributed by atoms with Crippen LogP contribution in [0.3, 0.4) is 0 Å². The number of carbonyl (C=O) groups is 3. The lowest BCUT2D eigenvalue weighted by Crippen LogP contribution is -2.30. The van der Waals surface area contributed by atoms with E-state index in [0.29, 0.717) is 23.0 Å². The van der Waals surface area contributed by atoms with Crippen LogP contribution in [0.25, 0.3) is 16.3 Å². The van der Waals surface area contributed by atoms with Gasteiger partial charge in [0, 0.05) is 16.1 Å². The summed E-state index contributed by atoms with van der Waals surface area (Å²) >= 11 is 4.27. The van der Waals surface area contributed by atoms with Crippen molar-refractivity contribution in [3.05, 3.63) is 106 Å². The second-order valence-corrected chi connectivity index (χ2v) is 11.7. The van der Waals surface area contributed by atoms with Crippen molar-refractivity contribution in [3.63, 3.8) is 0 Å². The molecule has 5 aromatic rings. The molecule has 0 aliphatic carbocycles. The smallest absolute Gasteiger partial charge is 0.272 e. The van der Waals surface area contributed by atoms with Gasteiger partial charge in [0.2, 0.25) is 5.91 Å². The summed E-state index contributed by atoms with van der Waals surface area (Å²) in [4.78, 5) is 43.8. The minimum Gasteiger partial charge on any atom is -0.494 e. The first-order chi connectivity index (χ1) is 20.5. The molecular formula is C31H26N4O4S3. The molecule has 5 rings (SSSR count). The van der Waals surface area contributed by atoms with Crippen molar-refractivity contribution in [2.75, 3.05) is 23.0 Å². The molecule has 0 radical (unpaired) electrons. The molecule has 3 aromatic carbocycles. The van der Waals surface area contributed by atoms with E-state index >= 15 is 0 Å². The lowest BCUT2D eigenvalue weighted by molar-refractivity contribution is -0.114. The number of hydrogen-bond acceptors (Lipinski definition) is 8. The lowest BCUT2D eigenvalue weighted by atomic mass is 10.2. The Bertz CT molecular complexity index is 1720. The predicted molar refractivity (Wildman–Crippen MR) is 171 cm³/mol. The Balaban J connectivity index is 1.17. The second-order valence-electron chi connectivity index (χ2n) is 8.83. The Kier molecular flexibility index (Phi) is 9.65. The average Bonchev–Trinajstić information content (AvgIpc) is 3.66. The molecule has 0 atom stereocenters. The zero-order valence-electron chi connectivity index (χ0n) is 22.5. The molecule has 0 bridgehead atoms. The van der Waals surface area contributed by atoms with Crippen LogP contribution in [0.2, 0.25) is 0 Å². The summed E-state index contributed by atoms with van der Waals surface area (Å²) in [6, 6.07) is 23.4. The van der Waals surface area contributed by atoms with Gasteiger partial charge in [-0.15, -0.1) is 11.8 Å². The normalized spacial score (nSPS) is 11.2. The van der Waals surface area contributed by atoms with Gasteiger partial charge in [0.1, 0.15) is 11.4 Å². The van der Waals surface area contributed by atoms with E-state index in [1.165, 1.54) is 34.4 Å². The number of ether oxygens (including phenoxy) is 1. The molecule has 8 nitrogen and oxygen atoms in total. The monoisotopic (exact) mass is 614 g/mol. The molecule has 0 spiro atoms. The van der Waals surface area contributed by atoms with Crippen molar-refractivity contribution in [1.29, 1.82) is 0 Å². The fraction of sp³-hybridized carbons (Fsp3) is 0.0968. The number of hydrogen-bond donors (Lipinski definition) is 3. The van der Waals surface area contributed by atoms with E-state index < -0.39 is 5.91 Å². The quantitative estimate of drug-likeness (QED) is 0.110. The van der Waals surface area contributed by atoms with Crippen LogP contribution in [0.5, 0.6) is 5.75 Å². The van der Waals surface area contributed by atoms with Crippen LogP contribution in [0.4, 0.5) is 10.8 Å². The first-order valence-corrected chi connectivity index (χ1v) is 15.7. The Morgan fingerprint density at radius 3 is 2.52 bits per heavy atom. The number of carbonyl (C=O) groups excluding carboxylic acids is 3. The molecule has 3 N–H and O–H groups in total. The highest BCUT2D eigenvalue weighted by atomic mass is 32.2. The van der Waals surface area contributed by atoms with E-state index in [0.717, 1.165) is 26.4 Å². The molecule has 0 aliphatic rings. The van der Waals surface area contributed by atoms with E-state index in [-0.39, 0.29) is 23.3 Å². The van der Waals surface area contributed by atoms with Gasteiger partial charge in [0.15, 0.2) is 5.13 Å². The third-order valence-electron chi connectivity index (χ3n) is 5.78. The zero-order chi connectivity index (χ0) is 29.3. The molecule has 3 amide bonds. The number of nitrogens with one attached hydrogen (secondary N) is 3. The zero-order valence-corrected chi connectivity index (χ0v) is 24.9. The standard InChI is InChI=1S/C31H26N4O4S3/c1-2-39-23-10-13-25-27(17-23)42-31(34-25)35-28(36)19-41-24-11-8-22(9-12-24)32-30(38)26(16-20-14-15-40-18-20)33-29(37)21-6-4-3-5-7-21/h3-18H,2,19H2,1H3,(H,32,38)(H,33,37)(H,34,35,36)/b26-16-. The molecule has 11 heteroatoms. The van der Waals surface area contributed by atoms with Gasteiger partial charge in [-0.05, 0) is 90.0 Å². The van der Waals surface area contributed by atoms with E-state index in [4.69, 9.17) is 4.74 Å². The summed E-state index contributed by atoms with van der Waals surface area (Å²) < 4.78 is 6.47. The molecular weight excluding hydrogens is 589 g/mol. The van der Waals surface area contributed by atoms with Gasteiger partial charge >= 0.3 is 0 Å². The van der Waals surface area contributed by atoms with Gasteiger partial charge in [0.25, 0.3) is 11.8 Å².